The van der Waals surface area contributed by atoms with Crippen molar-refractivity contribution in [3.8, 4) is 0 Å². The molecule has 0 aliphatic carbocycles. The highest BCUT2D eigenvalue weighted by Gasteiger charge is 2.13. The van der Waals surface area contributed by atoms with Gasteiger partial charge in [0.15, 0.2) is 0 Å². The van der Waals surface area contributed by atoms with Crippen LogP contribution in [-0.2, 0) is 21.4 Å². The number of carbonyl (C=O) groups is 3. The number of thioether (sulfide) groups is 1. The van der Waals surface area contributed by atoms with E-state index in [0.29, 0.717) is 12.3 Å². The van der Waals surface area contributed by atoms with E-state index in [-0.39, 0.29) is 17.5 Å². The topological polar surface area (TPSA) is 77.4 Å². The maximum atomic E-state index is 11.7. The number of hydrogen-bond donors (Lipinski definition) is 1. The highest BCUT2D eigenvalue weighted by molar-refractivity contribution is 8.00. The molecule has 0 aliphatic rings. The van der Waals surface area contributed by atoms with Crippen molar-refractivity contribution in [3.63, 3.8) is 0 Å². The fourth-order valence-corrected chi connectivity index (χ4v) is 1.96. The number of carbonyl (C=O) groups excluding carboxylic acids is 3. The Morgan fingerprint density at radius 2 is 2.11 bits per heavy atom. The van der Waals surface area contributed by atoms with Crippen molar-refractivity contribution < 1.29 is 19.1 Å². The van der Waals surface area contributed by atoms with Gasteiger partial charge in [0.1, 0.15) is 5.69 Å². The van der Waals surface area contributed by atoms with Gasteiger partial charge in [-0.3, -0.25) is 19.7 Å². The molecule has 1 heterocycles. The predicted molar refractivity (Wildman–Crippen MR) is 71.8 cm³/mol. The smallest absolute Gasteiger partial charge is 0.315 e. The molecule has 0 saturated heterocycles. The van der Waals surface area contributed by atoms with E-state index in [2.05, 4.69) is 5.32 Å². The second-order valence-corrected chi connectivity index (χ2v) is 4.67. The molecule has 1 rings (SSSR count). The van der Waals surface area contributed by atoms with E-state index in [1.54, 1.807) is 36.9 Å². The van der Waals surface area contributed by atoms with Gasteiger partial charge >= 0.3 is 5.97 Å². The number of ether oxygens (including phenoxy) is 1. The second-order valence-electron chi connectivity index (χ2n) is 3.68. The van der Waals surface area contributed by atoms with Crippen LogP contribution in [0.1, 0.15) is 17.4 Å². The highest BCUT2D eigenvalue weighted by atomic mass is 32.2. The summed E-state index contributed by atoms with van der Waals surface area (Å²) in [5.74, 6) is -1.11. The zero-order valence-corrected chi connectivity index (χ0v) is 11.7. The van der Waals surface area contributed by atoms with Gasteiger partial charge in [-0.2, -0.15) is 0 Å². The first-order valence-electron chi connectivity index (χ1n) is 5.73. The van der Waals surface area contributed by atoms with Gasteiger partial charge in [0.05, 0.1) is 18.1 Å². The van der Waals surface area contributed by atoms with E-state index in [1.807, 2.05) is 0 Å². The van der Waals surface area contributed by atoms with Crippen LogP contribution in [0.2, 0.25) is 0 Å². The number of rotatable bonds is 6. The van der Waals surface area contributed by atoms with Gasteiger partial charge in [-0.1, -0.05) is 0 Å². The van der Waals surface area contributed by atoms with Crippen LogP contribution < -0.4 is 5.32 Å². The number of imide groups is 1. The molecule has 0 spiro atoms. The molecular weight excluding hydrogens is 268 g/mol. The third-order valence-corrected chi connectivity index (χ3v) is 3.09. The molecule has 6 nitrogen and oxygen atoms in total. The molecule has 0 saturated carbocycles. The number of amides is 2. The molecular formula is C12H16N2O4S. The minimum absolute atomic E-state index is 0.0367. The molecule has 1 aromatic heterocycles. The Balaban J connectivity index is 2.30. The average Bonchev–Trinajstić information content (AvgIpc) is 2.75. The van der Waals surface area contributed by atoms with Gasteiger partial charge in [-0.05, 0) is 19.1 Å². The number of hydrogen-bond acceptors (Lipinski definition) is 5. The van der Waals surface area contributed by atoms with Gasteiger partial charge in [-0.25, -0.2) is 0 Å². The summed E-state index contributed by atoms with van der Waals surface area (Å²) in [6, 6.07) is 3.34. The first kappa shape index (κ1) is 15.3. The standard InChI is InChI=1S/C12H16N2O4S/c1-3-18-11(16)8-19-7-10(15)13-12(17)9-5-4-6-14(9)2/h4-6H,3,7-8H2,1-2H3,(H,13,15,17). The molecule has 19 heavy (non-hydrogen) atoms. The third kappa shape index (κ3) is 5.17. The SMILES string of the molecule is CCOC(=O)CSCC(=O)NC(=O)c1cccn1C. The molecule has 104 valence electrons. The Labute approximate surface area is 115 Å². The third-order valence-electron chi connectivity index (χ3n) is 2.19. The Morgan fingerprint density at radius 1 is 1.37 bits per heavy atom. The van der Waals surface area contributed by atoms with Crippen molar-refractivity contribution in [1.82, 2.24) is 9.88 Å². The van der Waals surface area contributed by atoms with Gasteiger partial charge in [0.2, 0.25) is 5.91 Å². The van der Waals surface area contributed by atoms with E-state index >= 15 is 0 Å². The fraction of sp³-hybridized carbons (Fsp3) is 0.417. The lowest BCUT2D eigenvalue weighted by Gasteiger charge is -2.05. The summed E-state index contributed by atoms with van der Waals surface area (Å²) in [4.78, 5) is 34.2. The summed E-state index contributed by atoms with van der Waals surface area (Å²) in [5, 5.41) is 2.26. The molecule has 0 unspecified atom stereocenters. The quantitative estimate of drug-likeness (QED) is 0.773. The molecule has 0 aliphatic heterocycles. The second kappa shape index (κ2) is 7.63. The summed E-state index contributed by atoms with van der Waals surface area (Å²) in [6.07, 6.45) is 1.72. The maximum Gasteiger partial charge on any atom is 0.315 e. The minimum Gasteiger partial charge on any atom is -0.465 e. The van der Waals surface area contributed by atoms with Gasteiger partial charge in [0.25, 0.3) is 5.91 Å². The number of nitrogens with zero attached hydrogens (tertiary/aromatic N) is 1. The van der Waals surface area contributed by atoms with Crippen molar-refractivity contribution in [2.75, 3.05) is 18.1 Å². The van der Waals surface area contributed by atoms with Crippen molar-refractivity contribution in [3.05, 3.63) is 24.0 Å². The van der Waals surface area contributed by atoms with Crippen LogP contribution in [0.4, 0.5) is 0 Å². The van der Waals surface area contributed by atoms with Crippen LogP contribution >= 0.6 is 11.8 Å². The Kier molecular flexibility index (Phi) is 6.14. The van der Waals surface area contributed by atoms with Crippen LogP contribution in [-0.4, -0.2) is 40.5 Å². The van der Waals surface area contributed by atoms with E-state index in [1.165, 1.54) is 0 Å². The van der Waals surface area contributed by atoms with Crippen molar-refractivity contribution in [2.45, 2.75) is 6.92 Å². The Bertz CT molecular complexity index is 470. The zero-order valence-electron chi connectivity index (χ0n) is 10.8. The average molecular weight is 284 g/mol. The number of aryl methyl sites for hydroxylation is 1. The van der Waals surface area contributed by atoms with E-state index < -0.39 is 11.8 Å². The maximum absolute atomic E-state index is 11.7. The highest BCUT2D eigenvalue weighted by Crippen LogP contribution is 2.02. The van der Waals surface area contributed by atoms with Crippen LogP contribution in [0.5, 0.6) is 0 Å². The monoisotopic (exact) mass is 284 g/mol. The molecule has 7 heteroatoms. The van der Waals surface area contributed by atoms with Crippen molar-refractivity contribution in [2.24, 2.45) is 7.05 Å². The molecule has 0 radical (unpaired) electrons. The molecule has 0 atom stereocenters. The number of esters is 1. The van der Waals surface area contributed by atoms with Crippen LogP contribution in [0.3, 0.4) is 0 Å². The summed E-state index contributed by atoms with van der Waals surface area (Å²) in [5.41, 5.74) is 0.406. The Hall–Kier alpha value is -1.76. The molecule has 1 N–H and O–H groups in total. The van der Waals surface area contributed by atoms with Crippen molar-refractivity contribution in [1.29, 1.82) is 0 Å². The molecule has 1 aromatic rings. The molecule has 2 amide bonds. The first-order chi connectivity index (χ1) is 9.04. The fourth-order valence-electron chi connectivity index (χ4n) is 1.35. The normalized spacial score (nSPS) is 10.0. The van der Waals surface area contributed by atoms with Crippen LogP contribution in [0, 0.1) is 0 Å². The molecule has 0 aromatic carbocycles. The van der Waals surface area contributed by atoms with Crippen molar-refractivity contribution >= 4 is 29.5 Å². The Morgan fingerprint density at radius 3 is 2.68 bits per heavy atom. The van der Waals surface area contributed by atoms with E-state index in [0.717, 1.165) is 11.8 Å². The lowest BCUT2D eigenvalue weighted by Crippen LogP contribution is -2.33. The van der Waals surface area contributed by atoms with E-state index in [9.17, 15) is 14.4 Å². The van der Waals surface area contributed by atoms with Gasteiger partial charge in [-0.15, -0.1) is 11.8 Å². The van der Waals surface area contributed by atoms with Gasteiger partial charge in [0, 0.05) is 13.2 Å². The predicted octanol–water partition coefficient (Wildman–Crippen LogP) is 0.578. The minimum atomic E-state index is -0.450. The first-order valence-corrected chi connectivity index (χ1v) is 6.89. The number of nitrogens with one attached hydrogen (secondary N) is 1. The summed E-state index contributed by atoms with van der Waals surface area (Å²) >= 11 is 1.11. The van der Waals surface area contributed by atoms with Crippen LogP contribution in [0.25, 0.3) is 0 Å². The lowest BCUT2D eigenvalue weighted by atomic mass is 10.4. The zero-order chi connectivity index (χ0) is 14.3. The largest absolute Gasteiger partial charge is 0.465 e. The number of aromatic nitrogens is 1. The summed E-state index contributed by atoms with van der Waals surface area (Å²) < 4.78 is 6.34. The lowest BCUT2D eigenvalue weighted by molar-refractivity contribution is -0.139. The van der Waals surface area contributed by atoms with Gasteiger partial charge < -0.3 is 9.30 Å². The molecule has 0 bridgehead atoms. The van der Waals surface area contributed by atoms with E-state index in [4.69, 9.17) is 4.74 Å². The summed E-state index contributed by atoms with van der Waals surface area (Å²) in [7, 11) is 1.72. The van der Waals surface area contributed by atoms with Crippen LogP contribution in [0.15, 0.2) is 18.3 Å². The molecule has 0 fully saturated rings. The summed E-state index contributed by atoms with van der Waals surface area (Å²) in [6.45, 7) is 2.03.